The molecule has 0 radical (unpaired) electrons. The third kappa shape index (κ3) is 4.04. The van der Waals surface area contributed by atoms with Gasteiger partial charge in [0.05, 0.1) is 22.6 Å². The van der Waals surface area contributed by atoms with Crippen LogP contribution in [0.2, 0.25) is 5.02 Å². The number of halogens is 4. The van der Waals surface area contributed by atoms with Crippen molar-refractivity contribution in [2.24, 2.45) is 5.73 Å². The second-order valence-electron chi connectivity index (χ2n) is 6.93. The predicted molar refractivity (Wildman–Crippen MR) is 116 cm³/mol. The van der Waals surface area contributed by atoms with Crippen LogP contribution in [-0.2, 0) is 12.7 Å². The first-order valence-corrected chi connectivity index (χ1v) is 10.6. The number of carbonyl (C=O) groups excluding carboxylic acids is 2. The zero-order valence-electron chi connectivity index (χ0n) is 17.0. The summed E-state index contributed by atoms with van der Waals surface area (Å²) in [5, 5.41) is 13.1. The van der Waals surface area contributed by atoms with Gasteiger partial charge in [0.2, 0.25) is 0 Å². The highest BCUT2D eigenvalue weighted by atomic mass is 35.5. The fourth-order valence-corrected chi connectivity index (χ4v) is 4.48. The molecule has 0 fully saturated rings. The van der Waals surface area contributed by atoms with E-state index in [1.165, 1.54) is 6.20 Å². The lowest BCUT2D eigenvalue weighted by Gasteiger charge is -2.11. The van der Waals surface area contributed by atoms with Gasteiger partial charge in [-0.05, 0) is 25.5 Å². The van der Waals surface area contributed by atoms with Crippen molar-refractivity contribution in [1.82, 2.24) is 25.0 Å². The van der Waals surface area contributed by atoms with Crippen LogP contribution < -0.4 is 11.1 Å². The summed E-state index contributed by atoms with van der Waals surface area (Å²) >= 11 is 6.59. The van der Waals surface area contributed by atoms with Crippen LogP contribution in [0.25, 0.3) is 21.3 Å². The Morgan fingerprint density at radius 1 is 1.33 bits per heavy atom. The molecule has 0 aliphatic rings. The van der Waals surface area contributed by atoms with Gasteiger partial charge < -0.3 is 11.1 Å². The number of anilines is 1. The zero-order chi connectivity index (χ0) is 24.1. The molecular weight excluding hydrogens is 483 g/mol. The Bertz CT molecular complexity index is 1410. The lowest BCUT2D eigenvalue weighted by atomic mass is 10.0. The number of aryl methyl sites for hydroxylation is 2. The van der Waals surface area contributed by atoms with E-state index in [0.29, 0.717) is 29.1 Å². The summed E-state index contributed by atoms with van der Waals surface area (Å²) in [5.41, 5.74) is 5.10. The van der Waals surface area contributed by atoms with Gasteiger partial charge in [0.1, 0.15) is 21.1 Å². The fourth-order valence-electron chi connectivity index (χ4n) is 3.30. The summed E-state index contributed by atoms with van der Waals surface area (Å²) in [7, 11) is 0. The number of nitrogens with zero attached hydrogens (tertiary/aromatic N) is 4. The Labute approximate surface area is 192 Å². The van der Waals surface area contributed by atoms with Crippen molar-refractivity contribution in [3.63, 3.8) is 0 Å². The number of carbonyl (C=O) groups is 2. The number of pyridine rings is 1. The molecule has 4 heterocycles. The van der Waals surface area contributed by atoms with Crippen LogP contribution in [0.4, 0.5) is 18.9 Å². The van der Waals surface area contributed by atoms with Crippen molar-refractivity contribution in [3.05, 3.63) is 45.4 Å². The average Bonchev–Trinajstić information content (AvgIpc) is 3.43. The van der Waals surface area contributed by atoms with E-state index in [1.807, 2.05) is 6.92 Å². The molecule has 9 nitrogen and oxygen atoms in total. The summed E-state index contributed by atoms with van der Waals surface area (Å²) in [6.07, 6.45) is -1.95. The molecule has 33 heavy (non-hydrogen) atoms. The number of aromatic nitrogens is 5. The van der Waals surface area contributed by atoms with Crippen molar-refractivity contribution in [1.29, 1.82) is 0 Å². The van der Waals surface area contributed by atoms with Crippen LogP contribution in [0.5, 0.6) is 0 Å². The maximum Gasteiger partial charge on any atom is 0.433 e. The monoisotopic (exact) mass is 497 g/mol. The Balaban J connectivity index is 2.03. The van der Waals surface area contributed by atoms with Crippen molar-refractivity contribution in [2.45, 2.75) is 26.6 Å². The summed E-state index contributed by atoms with van der Waals surface area (Å²) in [4.78, 5) is 28.3. The van der Waals surface area contributed by atoms with Crippen LogP contribution >= 0.6 is 22.9 Å². The van der Waals surface area contributed by atoms with E-state index < -0.39 is 23.7 Å². The first kappa shape index (κ1) is 22.7. The van der Waals surface area contributed by atoms with Crippen LogP contribution in [0.3, 0.4) is 0 Å². The van der Waals surface area contributed by atoms with Gasteiger partial charge in [-0.2, -0.15) is 23.4 Å². The topological polar surface area (TPSA) is 132 Å². The average molecular weight is 498 g/mol. The summed E-state index contributed by atoms with van der Waals surface area (Å²) < 4.78 is 42.4. The van der Waals surface area contributed by atoms with Gasteiger partial charge in [-0.3, -0.25) is 19.4 Å². The minimum atomic E-state index is -4.75. The molecule has 0 aliphatic carbocycles. The van der Waals surface area contributed by atoms with Gasteiger partial charge >= 0.3 is 6.18 Å². The molecule has 0 aromatic carbocycles. The molecule has 14 heteroatoms. The van der Waals surface area contributed by atoms with Gasteiger partial charge in [-0.25, -0.2) is 4.98 Å². The van der Waals surface area contributed by atoms with Crippen molar-refractivity contribution < 1.29 is 22.8 Å². The molecule has 0 atom stereocenters. The highest BCUT2D eigenvalue weighted by Crippen LogP contribution is 2.44. The van der Waals surface area contributed by atoms with Crippen LogP contribution in [0.1, 0.15) is 38.5 Å². The van der Waals surface area contributed by atoms with Crippen molar-refractivity contribution >= 4 is 50.7 Å². The molecule has 0 aliphatic heterocycles. The lowest BCUT2D eigenvalue weighted by Crippen LogP contribution is -2.17. The van der Waals surface area contributed by atoms with E-state index in [1.54, 1.807) is 17.8 Å². The van der Waals surface area contributed by atoms with Gasteiger partial charge in [-0.1, -0.05) is 11.6 Å². The number of fused-ring (bicyclic) bond motifs is 1. The predicted octanol–water partition coefficient (Wildman–Crippen LogP) is 4.23. The molecule has 0 spiro atoms. The van der Waals surface area contributed by atoms with E-state index in [0.717, 1.165) is 6.07 Å². The molecule has 0 saturated carbocycles. The quantitative estimate of drug-likeness (QED) is 0.379. The van der Waals surface area contributed by atoms with Gasteiger partial charge in [0, 0.05) is 23.7 Å². The molecule has 4 N–H and O–H groups in total. The Morgan fingerprint density at radius 2 is 2.06 bits per heavy atom. The highest BCUT2D eigenvalue weighted by molar-refractivity contribution is 7.21. The number of primary amides is 1. The fraction of sp³-hybridized carbons (Fsp3) is 0.211. The van der Waals surface area contributed by atoms with Crippen molar-refractivity contribution in [2.75, 3.05) is 5.32 Å². The normalized spacial score (nSPS) is 11.8. The van der Waals surface area contributed by atoms with Crippen LogP contribution in [0, 0.1) is 6.92 Å². The first-order valence-electron chi connectivity index (χ1n) is 9.40. The first-order chi connectivity index (χ1) is 15.5. The number of nitrogens with one attached hydrogen (secondary N) is 2. The summed E-state index contributed by atoms with van der Waals surface area (Å²) in [6, 6.07) is 0.864. The molecule has 4 aromatic rings. The largest absolute Gasteiger partial charge is 0.433 e. The Kier molecular flexibility index (Phi) is 5.62. The van der Waals surface area contributed by atoms with Crippen molar-refractivity contribution in [3.8, 4) is 11.1 Å². The highest BCUT2D eigenvalue weighted by Gasteiger charge is 2.35. The molecule has 0 unspecified atom stereocenters. The number of hydrogen-bond acceptors (Lipinski definition) is 6. The molecule has 0 saturated heterocycles. The smallest absolute Gasteiger partial charge is 0.365 e. The SMILES string of the molecule is CCn1cc(-c2cc(C(F)(F)F)nc3sc(C(N)=O)c(NC(=O)c4[nH]ncc4Cl)c23)c(C)n1. The number of hydrogen-bond donors (Lipinski definition) is 3. The second-order valence-corrected chi connectivity index (χ2v) is 8.34. The number of amides is 2. The summed E-state index contributed by atoms with van der Waals surface area (Å²) in [6.45, 7) is 3.96. The lowest BCUT2D eigenvalue weighted by molar-refractivity contribution is -0.140. The summed E-state index contributed by atoms with van der Waals surface area (Å²) in [5.74, 6) is -1.70. The molecule has 4 aromatic heterocycles. The maximum absolute atomic E-state index is 13.6. The minimum absolute atomic E-state index is 0.0189. The maximum atomic E-state index is 13.6. The zero-order valence-corrected chi connectivity index (χ0v) is 18.6. The number of thiophene rings is 1. The minimum Gasteiger partial charge on any atom is -0.365 e. The van der Waals surface area contributed by atoms with Crippen LogP contribution in [0.15, 0.2) is 18.5 Å². The third-order valence-corrected chi connectivity index (χ3v) is 6.18. The van der Waals surface area contributed by atoms with E-state index in [9.17, 15) is 22.8 Å². The van der Waals surface area contributed by atoms with Gasteiger partial charge in [0.25, 0.3) is 11.8 Å². The van der Waals surface area contributed by atoms with E-state index in [2.05, 4.69) is 25.6 Å². The number of nitrogens with two attached hydrogens (primary N) is 1. The standard InChI is InChI=1S/C19H15ClF3N7O2S/c1-3-30-6-9(7(2)29-30)8-4-11(19(21,22)23)26-18-12(8)14(15(33-18)16(24)31)27-17(32)13-10(20)5-25-28-13/h4-6H,3H2,1-2H3,(H2,24,31)(H,25,28)(H,27,32). The Morgan fingerprint density at radius 3 is 2.61 bits per heavy atom. The third-order valence-electron chi connectivity index (χ3n) is 4.80. The molecule has 0 bridgehead atoms. The van der Waals surface area contributed by atoms with E-state index in [-0.39, 0.29) is 37.1 Å². The molecule has 4 rings (SSSR count). The second kappa shape index (κ2) is 8.15. The molecule has 172 valence electrons. The van der Waals surface area contributed by atoms with E-state index in [4.69, 9.17) is 17.3 Å². The van der Waals surface area contributed by atoms with E-state index >= 15 is 0 Å². The molecular formula is C19H15ClF3N7O2S. The van der Waals surface area contributed by atoms with Gasteiger partial charge in [-0.15, -0.1) is 11.3 Å². The number of H-pyrrole nitrogens is 1. The molecule has 2 amide bonds. The Hall–Kier alpha value is -3.45. The van der Waals surface area contributed by atoms with Crippen LogP contribution in [-0.4, -0.2) is 36.8 Å². The number of alkyl halides is 3. The number of rotatable bonds is 5. The number of aromatic amines is 1. The van der Waals surface area contributed by atoms with Gasteiger partial charge in [0.15, 0.2) is 0 Å².